The van der Waals surface area contributed by atoms with Crippen LogP contribution in [-0.4, -0.2) is 18.5 Å². The largest absolute Gasteiger partial charge is 0.489 e. The van der Waals surface area contributed by atoms with Gasteiger partial charge in [0.15, 0.2) is 6.61 Å². The standard InChI is InChI=1S/C24H23NO4/c1-18(20-11-6-3-7-12-20)25-23(26)17-29-24(27)21-13-8-14-22(15-21)28-16-19-9-4-2-5-10-19/h2-15,18H,16-17H2,1H3,(H,25,26)/t18-/m0/s1. The maximum atomic E-state index is 12.3. The van der Waals surface area contributed by atoms with Crippen LogP contribution in [0.3, 0.4) is 0 Å². The molecule has 1 N–H and O–H groups in total. The maximum Gasteiger partial charge on any atom is 0.338 e. The number of benzene rings is 3. The van der Waals surface area contributed by atoms with Crippen molar-refractivity contribution in [2.75, 3.05) is 6.61 Å². The van der Waals surface area contributed by atoms with E-state index >= 15 is 0 Å². The minimum atomic E-state index is -0.572. The molecular formula is C24H23NO4. The van der Waals surface area contributed by atoms with Crippen LogP contribution in [0.1, 0.15) is 34.5 Å². The summed E-state index contributed by atoms with van der Waals surface area (Å²) >= 11 is 0. The molecule has 0 aliphatic rings. The van der Waals surface area contributed by atoms with Gasteiger partial charge < -0.3 is 14.8 Å². The Kier molecular flexibility index (Phi) is 7.00. The number of carbonyl (C=O) groups is 2. The van der Waals surface area contributed by atoms with Gasteiger partial charge >= 0.3 is 5.97 Å². The molecule has 0 saturated carbocycles. The van der Waals surface area contributed by atoms with Gasteiger partial charge in [0, 0.05) is 0 Å². The van der Waals surface area contributed by atoms with Gasteiger partial charge in [-0.3, -0.25) is 4.79 Å². The number of amides is 1. The highest BCUT2D eigenvalue weighted by molar-refractivity contribution is 5.91. The maximum absolute atomic E-state index is 12.3. The first-order valence-corrected chi connectivity index (χ1v) is 9.40. The van der Waals surface area contributed by atoms with Crippen LogP contribution in [-0.2, 0) is 16.1 Å². The van der Waals surface area contributed by atoms with Crippen LogP contribution in [0.15, 0.2) is 84.9 Å². The molecule has 0 fully saturated rings. The molecule has 0 aliphatic carbocycles. The molecule has 148 valence electrons. The quantitative estimate of drug-likeness (QED) is 0.584. The van der Waals surface area contributed by atoms with E-state index < -0.39 is 5.97 Å². The summed E-state index contributed by atoms with van der Waals surface area (Å²) < 4.78 is 10.9. The Hall–Kier alpha value is -3.60. The molecule has 5 nitrogen and oxygen atoms in total. The smallest absolute Gasteiger partial charge is 0.338 e. The summed E-state index contributed by atoms with van der Waals surface area (Å²) in [5, 5.41) is 2.81. The third-order valence-corrected chi connectivity index (χ3v) is 4.33. The van der Waals surface area contributed by atoms with Crippen LogP contribution in [0.25, 0.3) is 0 Å². The van der Waals surface area contributed by atoms with Crippen molar-refractivity contribution in [1.29, 1.82) is 0 Å². The van der Waals surface area contributed by atoms with Crippen LogP contribution in [0.2, 0.25) is 0 Å². The molecular weight excluding hydrogens is 366 g/mol. The number of rotatable bonds is 8. The Balaban J connectivity index is 1.49. The van der Waals surface area contributed by atoms with Crippen LogP contribution in [0, 0.1) is 0 Å². The summed E-state index contributed by atoms with van der Waals surface area (Å²) in [6, 6.07) is 25.9. The Bertz CT molecular complexity index is 941. The second-order valence-electron chi connectivity index (χ2n) is 6.58. The Morgan fingerprint density at radius 1 is 0.897 bits per heavy atom. The van der Waals surface area contributed by atoms with E-state index in [0.29, 0.717) is 17.9 Å². The highest BCUT2D eigenvalue weighted by atomic mass is 16.5. The van der Waals surface area contributed by atoms with Crippen LogP contribution in [0.5, 0.6) is 5.75 Å². The molecule has 3 aromatic rings. The van der Waals surface area contributed by atoms with E-state index in [1.807, 2.05) is 67.6 Å². The van der Waals surface area contributed by atoms with E-state index in [4.69, 9.17) is 9.47 Å². The van der Waals surface area contributed by atoms with Crippen molar-refractivity contribution >= 4 is 11.9 Å². The molecule has 0 spiro atoms. The molecule has 0 bridgehead atoms. The lowest BCUT2D eigenvalue weighted by Crippen LogP contribution is -2.31. The van der Waals surface area contributed by atoms with Crippen LogP contribution < -0.4 is 10.1 Å². The summed E-state index contributed by atoms with van der Waals surface area (Å²) in [6.45, 7) is 1.94. The second kappa shape index (κ2) is 10.1. The molecule has 0 aliphatic heterocycles. The van der Waals surface area contributed by atoms with Gasteiger partial charge in [-0.1, -0.05) is 66.7 Å². The van der Waals surface area contributed by atoms with Gasteiger partial charge in [-0.15, -0.1) is 0 Å². The number of nitrogens with one attached hydrogen (secondary N) is 1. The van der Waals surface area contributed by atoms with Gasteiger partial charge in [-0.2, -0.15) is 0 Å². The SMILES string of the molecule is C[C@H](NC(=O)COC(=O)c1cccc(OCc2ccccc2)c1)c1ccccc1. The lowest BCUT2D eigenvalue weighted by Gasteiger charge is -2.14. The van der Waals surface area contributed by atoms with Gasteiger partial charge in [0.1, 0.15) is 12.4 Å². The first-order chi connectivity index (χ1) is 14.1. The Labute approximate surface area is 170 Å². The summed E-state index contributed by atoms with van der Waals surface area (Å²) in [5.74, 6) is -0.366. The Morgan fingerprint density at radius 3 is 2.31 bits per heavy atom. The number of ether oxygens (including phenoxy) is 2. The molecule has 3 rings (SSSR count). The molecule has 1 amide bonds. The highest BCUT2D eigenvalue weighted by Gasteiger charge is 2.13. The van der Waals surface area contributed by atoms with Gasteiger partial charge in [-0.05, 0) is 36.2 Å². The monoisotopic (exact) mass is 389 g/mol. The van der Waals surface area contributed by atoms with Gasteiger partial charge in [0.2, 0.25) is 0 Å². The summed E-state index contributed by atoms with van der Waals surface area (Å²) in [6.07, 6.45) is 0. The molecule has 0 saturated heterocycles. The predicted molar refractivity (Wildman–Crippen MR) is 110 cm³/mol. The lowest BCUT2D eigenvalue weighted by atomic mass is 10.1. The predicted octanol–water partition coefficient (Wildman–Crippen LogP) is 4.30. The van der Waals surface area contributed by atoms with E-state index in [1.54, 1.807) is 24.3 Å². The average molecular weight is 389 g/mol. The van der Waals surface area contributed by atoms with E-state index in [2.05, 4.69) is 5.32 Å². The van der Waals surface area contributed by atoms with Crippen molar-refractivity contribution in [1.82, 2.24) is 5.32 Å². The first kappa shape index (κ1) is 20.1. The molecule has 0 unspecified atom stereocenters. The minimum absolute atomic E-state index is 0.169. The summed E-state index contributed by atoms with van der Waals surface area (Å²) in [4.78, 5) is 24.3. The van der Waals surface area contributed by atoms with Crippen molar-refractivity contribution in [3.63, 3.8) is 0 Å². The first-order valence-electron chi connectivity index (χ1n) is 9.40. The third-order valence-electron chi connectivity index (χ3n) is 4.33. The van der Waals surface area contributed by atoms with E-state index in [1.165, 1.54) is 0 Å². The zero-order chi connectivity index (χ0) is 20.5. The van der Waals surface area contributed by atoms with Crippen molar-refractivity contribution in [3.05, 3.63) is 102 Å². The van der Waals surface area contributed by atoms with Crippen molar-refractivity contribution in [2.24, 2.45) is 0 Å². The molecule has 0 heterocycles. The van der Waals surface area contributed by atoms with Gasteiger partial charge in [-0.25, -0.2) is 4.79 Å². The van der Waals surface area contributed by atoms with E-state index in [0.717, 1.165) is 11.1 Å². The molecule has 3 aromatic carbocycles. The van der Waals surface area contributed by atoms with Crippen LogP contribution in [0.4, 0.5) is 0 Å². The fraction of sp³-hybridized carbons (Fsp3) is 0.167. The van der Waals surface area contributed by atoms with Crippen LogP contribution >= 0.6 is 0 Å². The van der Waals surface area contributed by atoms with E-state index in [9.17, 15) is 9.59 Å². The Morgan fingerprint density at radius 2 is 1.59 bits per heavy atom. The van der Waals surface area contributed by atoms with Crippen molar-refractivity contribution in [2.45, 2.75) is 19.6 Å². The molecule has 1 atom stereocenters. The minimum Gasteiger partial charge on any atom is -0.489 e. The zero-order valence-corrected chi connectivity index (χ0v) is 16.2. The zero-order valence-electron chi connectivity index (χ0n) is 16.2. The van der Waals surface area contributed by atoms with Crippen molar-refractivity contribution < 1.29 is 19.1 Å². The molecule has 0 aromatic heterocycles. The van der Waals surface area contributed by atoms with E-state index in [-0.39, 0.29) is 18.6 Å². The summed E-state index contributed by atoms with van der Waals surface area (Å²) in [7, 11) is 0. The second-order valence-corrected chi connectivity index (χ2v) is 6.58. The molecule has 5 heteroatoms. The normalized spacial score (nSPS) is 11.3. The fourth-order valence-corrected chi connectivity index (χ4v) is 2.78. The van der Waals surface area contributed by atoms with Crippen molar-refractivity contribution in [3.8, 4) is 5.75 Å². The fourth-order valence-electron chi connectivity index (χ4n) is 2.78. The van der Waals surface area contributed by atoms with Gasteiger partial charge in [0.05, 0.1) is 11.6 Å². The number of hydrogen-bond donors (Lipinski definition) is 1. The average Bonchev–Trinajstić information content (AvgIpc) is 2.77. The number of hydrogen-bond acceptors (Lipinski definition) is 4. The number of carbonyl (C=O) groups excluding carboxylic acids is 2. The summed E-state index contributed by atoms with van der Waals surface area (Å²) in [5.41, 5.74) is 2.35. The third kappa shape index (κ3) is 6.21. The lowest BCUT2D eigenvalue weighted by molar-refractivity contribution is -0.124. The molecule has 0 radical (unpaired) electrons. The highest BCUT2D eigenvalue weighted by Crippen LogP contribution is 2.16. The molecule has 29 heavy (non-hydrogen) atoms. The topological polar surface area (TPSA) is 64.6 Å². The number of esters is 1. The van der Waals surface area contributed by atoms with Gasteiger partial charge in [0.25, 0.3) is 5.91 Å².